The molecule has 0 saturated carbocycles. The number of thiophene rings is 1. The third-order valence-electron chi connectivity index (χ3n) is 5.71. The van der Waals surface area contributed by atoms with E-state index < -0.39 is 0 Å². The van der Waals surface area contributed by atoms with Crippen molar-refractivity contribution < 1.29 is 9.18 Å². The van der Waals surface area contributed by atoms with Crippen LogP contribution in [0.1, 0.15) is 46.6 Å². The van der Waals surface area contributed by atoms with E-state index >= 15 is 0 Å². The maximum Gasteiger partial charge on any atom is 0.261 e. The van der Waals surface area contributed by atoms with Crippen LogP contribution in [-0.2, 0) is 0 Å². The van der Waals surface area contributed by atoms with Crippen LogP contribution in [-0.4, -0.2) is 34.9 Å². The van der Waals surface area contributed by atoms with E-state index in [-0.39, 0.29) is 17.8 Å². The summed E-state index contributed by atoms with van der Waals surface area (Å²) in [6.07, 6.45) is 5.52. The summed E-state index contributed by atoms with van der Waals surface area (Å²) in [5.74, 6) is -0.309. The Bertz CT molecular complexity index is 980. The van der Waals surface area contributed by atoms with Gasteiger partial charge in [0.15, 0.2) is 0 Å². The second-order valence-corrected chi connectivity index (χ2v) is 8.49. The number of benzene rings is 1. The second-order valence-electron chi connectivity index (χ2n) is 7.44. The number of likely N-dealkylation sites (tertiary alicyclic amines) is 1. The number of nitrogens with one attached hydrogen (secondary N) is 1. The predicted molar refractivity (Wildman–Crippen MR) is 111 cm³/mol. The molecule has 1 N–H and O–H groups in total. The van der Waals surface area contributed by atoms with Crippen molar-refractivity contribution >= 4 is 27.3 Å². The first kappa shape index (κ1) is 19.0. The Morgan fingerprint density at radius 2 is 1.96 bits per heavy atom. The molecule has 0 spiro atoms. The number of nitrogens with zero attached hydrogens (tertiary/aromatic N) is 2. The van der Waals surface area contributed by atoms with Crippen LogP contribution in [0.4, 0.5) is 4.39 Å². The summed E-state index contributed by atoms with van der Waals surface area (Å²) in [4.78, 5) is 20.0. The molecule has 28 heavy (non-hydrogen) atoms. The molecule has 1 aliphatic rings. The zero-order valence-corrected chi connectivity index (χ0v) is 16.9. The van der Waals surface area contributed by atoms with Gasteiger partial charge in [-0.3, -0.25) is 14.7 Å². The summed E-state index contributed by atoms with van der Waals surface area (Å²) in [7, 11) is 0. The Hall–Kier alpha value is -2.31. The number of piperidine rings is 1. The van der Waals surface area contributed by atoms with Gasteiger partial charge in [0.05, 0.1) is 4.88 Å². The molecule has 0 unspecified atom stereocenters. The van der Waals surface area contributed by atoms with Gasteiger partial charge in [-0.15, -0.1) is 11.3 Å². The fourth-order valence-corrected chi connectivity index (χ4v) is 5.04. The van der Waals surface area contributed by atoms with Gasteiger partial charge in [0, 0.05) is 42.3 Å². The first-order valence-corrected chi connectivity index (χ1v) is 10.5. The Morgan fingerprint density at radius 1 is 1.25 bits per heavy atom. The number of carbonyl (C=O) groups is 1. The van der Waals surface area contributed by atoms with E-state index in [4.69, 9.17) is 0 Å². The van der Waals surface area contributed by atoms with Gasteiger partial charge in [-0.05, 0) is 73.5 Å². The monoisotopic (exact) mass is 397 g/mol. The van der Waals surface area contributed by atoms with Gasteiger partial charge >= 0.3 is 0 Å². The molecule has 1 aliphatic heterocycles. The van der Waals surface area contributed by atoms with Crippen molar-refractivity contribution in [3.05, 3.63) is 64.5 Å². The summed E-state index contributed by atoms with van der Waals surface area (Å²) < 4.78 is 14.5. The van der Waals surface area contributed by atoms with Gasteiger partial charge in [-0.25, -0.2) is 4.39 Å². The van der Waals surface area contributed by atoms with Crippen molar-refractivity contribution in [3.63, 3.8) is 0 Å². The third-order valence-corrected chi connectivity index (χ3v) is 6.98. The number of hydrogen-bond donors (Lipinski definition) is 1. The maximum absolute atomic E-state index is 13.5. The molecule has 0 radical (unpaired) electrons. The summed E-state index contributed by atoms with van der Waals surface area (Å²) in [5, 5.41) is 4.02. The van der Waals surface area contributed by atoms with Crippen LogP contribution in [0.3, 0.4) is 0 Å². The van der Waals surface area contributed by atoms with Crippen molar-refractivity contribution in [2.45, 2.75) is 38.8 Å². The van der Waals surface area contributed by atoms with Gasteiger partial charge in [0.1, 0.15) is 5.82 Å². The van der Waals surface area contributed by atoms with E-state index in [0.29, 0.717) is 10.9 Å². The van der Waals surface area contributed by atoms with Crippen LogP contribution in [0.5, 0.6) is 0 Å². The third kappa shape index (κ3) is 3.80. The number of halogens is 1. The fraction of sp³-hybridized carbons (Fsp3) is 0.364. The van der Waals surface area contributed by atoms with E-state index in [2.05, 4.69) is 34.3 Å². The number of rotatable bonds is 4. The summed E-state index contributed by atoms with van der Waals surface area (Å²) in [5.41, 5.74) is 2.13. The Morgan fingerprint density at radius 3 is 2.68 bits per heavy atom. The van der Waals surface area contributed by atoms with Crippen LogP contribution in [0.25, 0.3) is 10.1 Å². The molecular formula is C22H24FN3OS. The number of fused-ring (bicyclic) bond motifs is 1. The lowest BCUT2D eigenvalue weighted by Gasteiger charge is -2.36. The first-order chi connectivity index (χ1) is 13.5. The molecule has 1 saturated heterocycles. The molecule has 146 valence electrons. The summed E-state index contributed by atoms with van der Waals surface area (Å²) in [6.45, 7) is 6.01. The molecule has 3 heterocycles. The highest BCUT2D eigenvalue weighted by Crippen LogP contribution is 2.31. The minimum absolute atomic E-state index is 0.0419. The molecular weight excluding hydrogens is 373 g/mol. The van der Waals surface area contributed by atoms with Crippen LogP contribution in [0.15, 0.2) is 42.7 Å². The minimum Gasteiger partial charge on any atom is -0.349 e. The molecule has 1 fully saturated rings. The predicted octanol–water partition coefficient (Wildman–Crippen LogP) is 4.70. The molecule has 3 aromatic rings. The van der Waals surface area contributed by atoms with E-state index in [9.17, 15) is 9.18 Å². The lowest BCUT2D eigenvalue weighted by molar-refractivity contribution is 0.0899. The molecule has 0 aliphatic carbocycles. The highest BCUT2D eigenvalue weighted by atomic mass is 32.1. The highest BCUT2D eigenvalue weighted by molar-refractivity contribution is 7.21. The van der Waals surface area contributed by atoms with Crippen molar-refractivity contribution in [1.29, 1.82) is 0 Å². The standard InChI is InChI=1S/C22H24FN3OS/c1-14-19-13-17(23)3-4-20(19)28-21(14)22(27)25-18-7-11-26(12-8-18)15(2)16-5-9-24-10-6-16/h3-6,9-10,13,15,18H,7-8,11-12H2,1-2H3,(H,25,27)/t15-/m1/s1. The fourth-order valence-electron chi connectivity index (χ4n) is 3.94. The normalized spacial score (nSPS) is 17.0. The van der Waals surface area contributed by atoms with Gasteiger partial charge in [-0.2, -0.15) is 0 Å². The molecule has 0 bridgehead atoms. The lowest BCUT2D eigenvalue weighted by Crippen LogP contribution is -2.45. The topological polar surface area (TPSA) is 45.2 Å². The van der Waals surface area contributed by atoms with Crippen molar-refractivity contribution in [3.8, 4) is 0 Å². The first-order valence-electron chi connectivity index (χ1n) is 9.66. The van der Waals surface area contributed by atoms with Crippen molar-refractivity contribution in [2.24, 2.45) is 0 Å². The van der Waals surface area contributed by atoms with E-state index in [0.717, 1.165) is 41.6 Å². The largest absolute Gasteiger partial charge is 0.349 e. The van der Waals surface area contributed by atoms with Gasteiger partial charge in [0.2, 0.25) is 0 Å². The molecule has 1 amide bonds. The smallest absolute Gasteiger partial charge is 0.261 e. The lowest BCUT2D eigenvalue weighted by atomic mass is 10.0. The van der Waals surface area contributed by atoms with Crippen LogP contribution < -0.4 is 5.32 Å². The number of carbonyl (C=O) groups excluding carboxylic acids is 1. The number of amides is 1. The number of aromatic nitrogens is 1. The number of pyridine rings is 1. The van der Waals surface area contributed by atoms with Gasteiger partial charge in [0.25, 0.3) is 5.91 Å². The number of hydrogen-bond acceptors (Lipinski definition) is 4. The zero-order valence-electron chi connectivity index (χ0n) is 16.1. The summed E-state index contributed by atoms with van der Waals surface area (Å²) in [6, 6.07) is 9.35. The Balaban J connectivity index is 1.38. The molecule has 2 aromatic heterocycles. The number of aryl methyl sites for hydroxylation is 1. The van der Waals surface area contributed by atoms with Crippen molar-refractivity contribution in [2.75, 3.05) is 13.1 Å². The van der Waals surface area contributed by atoms with E-state index in [1.165, 1.54) is 29.0 Å². The van der Waals surface area contributed by atoms with Gasteiger partial charge in [-0.1, -0.05) is 0 Å². The van der Waals surface area contributed by atoms with Gasteiger partial charge < -0.3 is 5.32 Å². The Labute approximate surface area is 168 Å². The Kier molecular flexibility index (Phi) is 5.42. The van der Waals surface area contributed by atoms with E-state index in [1.807, 2.05) is 19.3 Å². The molecule has 6 heteroatoms. The highest BCUT2D eigenvalue weighted by Gasteiger charge is 2.26. The zero-order chi connectivity index (χ0) is 19.7. The molecule has 4 nitrogen and oxygen atoms in total. The summed E-state index contributed by atoms with van der Waals surface area (Å²) >= 11 is 1.44. The quantitative estimate of drug-likeness (QED) is 0.694. The maximum atomic E-state index is 13.5. The minimum atomic E-state index is -0.268. The van der Waals surface area contributed by atoms with E-state index in [1.54, 1.807) is 6.07 Å². The average molecular weight is 398 g/mol. The van der Waals surface area contributed by atoms with Crippen LogP contribution in [0, 0.1) is 12.7 Å². The molecule has 1 aromatic carbocycles. The second kappa shape index (κ2) is 7.97. The van der Waals surface area contributed by atoms with Crippen LogP contribution >= 0.6 is 11.3 Å². The molecule has 1 atom stereocenters. The molecule has 4 rings (SSSR count). The van der Waals surface area contributed by atoms with Crippen LogP contribution in [0.2, 0.25) is 0 Å². The average Bonchev–Trinajstić information content (AvgIpc) is 3.05. The van der Waals surface area contributed by atoms with Crippen molar-refractivity contribution in [1.82, 2.24) is 15.2 Å². The SMILES string of the molecule is Cc1c(C(=O)NC2CCN([C@H](C)c3ccncc3)CC2)sc2ccc(F)cc12.